The van der Waals surface area contributed by atoms with Crippen molar-refractivity contribution in [2.75, 3.05) is 25.0 Å². The summed E-state index contributed by atoms with van der Waals surface area (Å²) in [5, 5.41) is 3.06. The number of anilines is 1. The third kappa shape index (κ3) is 6.29. The Morgan fingerprint density at radius 1 is 1.03 bits per heavy atom. The van der Waals surface area contributed by atoms with Gasteiger partial charge in [-0.05, 0) is 67.3 Å². The highest BCUT2D eigenvalue weighted by molar-refractivity contribution is 7.89. The number of nitrogens with zero attached hydrogens (tertiary/aromatic N) is 1. The van der Waals surface area contributed by atoms with E-state index in [1.807, 2.05) is 6.92 Å². The summed E-state index contributed by atoms with van der Waals surface area (Å²) in [6.45, 7) is 2.97. The molecule has 174 valence electrons. The Morgan fingerprint density at radius 2 is 1.66 bits per heavy atom. The summed E-state index contributed by atoms with van der Waals surface area (Å²) in [5.74, 6) is -0.0709. The molecule has 1 aliphatic heterocycles. The van der Waals surface area contributed by atoms with Crippen molar-refractivity contribution in [2.24, 2.45) is 5.92 Å². The largest absolute Gasteiger partial charge is 0.326 e. The van der Waals surface area contributed by atoms with Gasteiger partial charge in [-0.25, -0.2) is 21.6 Å². The molecule has 0 bridgehead atoms. The second-order valence-electron chi connectivity index (χ2n) is 7.78. The van der Waals surface area contributed by atoms with E-state index in [2.05, 4.69) is 10.0 Å². The molecule has 2 N–H and O–H groups in total. The Kier molecular flexibility index (Phi) is 7.94. The van der Waals surface area contributed by atoms with Crippen LogP contribution in [0.15, 0.2) is 58.3 Å². The van der Waals surface area contributed by atoms with Crippen LogP contribution in [0.4, 0.5) is 5.69 Å². The average Bonchev–Trinajstić information content (AvgIpc) is 2.74. The molecule has 0 spiro atoms. The molecule has 1 unspecified atom stereocenters. The summed E-state index contributed by atoms with van der Waals surface area (Å²) >= 11 is 5.76. The first kappa shape index (κ1) is 24.7. The molecule has 1 aliphatic rings. The molecule has 8 nitrogen and oxygen atoms in total. The van der Waals surface area contributed by atoms with Crippen LogP contribution < -0.4 is 10.0 Å². The number of benzene rings is 2. The minimum atomic E-state index is -3.74. The number of amides is 1. The van der Waals surface area contributed by atoms with Gasteiger partial charge in [-0.3, -0.25) is 4.79 Å². The van der Waals surface area contributed by atoms with Gasteiger partial charge in [-0.2, -0.15) is 4.31 Å². The van der Waals surface area contributed by atoms with E-state index in [1.54, 1.807) is 0 Å². The second-order valence-corrected chi connectivity index (χ2v) is 11.9. The quantitative estimate of drug-likeness (QED) is 0.579. The van der Waals surface area contributed by atoms with Gasteiger partial charge in [-0.1, -0.05) is 18.5 Å². The Bertz CT molecular complexity index is 1150. The lowest BCUT2D eigenvalue weighted by Crippen LogP contribution is -2.39. The highest BCUT2D eigenvalue weighted by Gasteiger charge is 2.28. The SMILES string of the molecule is CC1CCCN(S(=O)(=O)c2ccc(NC(=O)CCNS(=O)(=O)c3ccc(Cl)cc3)cc2)C1. The van der Waals surface area contributed by atoms with E-state index in [9.17, 15) is 21.6 Å². The number of sulfonamides is 2. The summed E-state index contributed by atoms with van der Waals surface area (Å²) < 4.78 is 53.9. The van der Waals surface area contributed by atoms with E-state index in [-0.39, 0.29) is 22.8 Å². The zero-order valence-corrected chi connectivity index (χ0v) is 20.0. The molecule has 0 saturated carbocycles. The molecule has 1 fully saturated rings. The molecule has 0 aliphatic carbocycles. The molecule has 2 aromatic carbocycles. The van der Waals surface area contributed by atoms with Crippen molar-refractivity contribution in [3.8, 4) is 0 Å². The van der Waals surface area contributed by atoms with Crippen molar-refractivity contribution in [1.82, 2.24) is 9.03 Å². The van der Waals surface area contributed by atoms with E-state index in [0.29, 0.717) is 29.7 Å². The highest BCUT2D eigenvalue weighted by atomic mass is 35.5. The number of carbonyl (C=O) groups is 1. The van der Waals surface area contributed by atoms with Crippen LogP contribution >= 0.6 is 11.6 Å². The smallest absolute Gasteiger partial charge is 0.243 e. The van der Waals surface area contributed by atoms with Crippen LogP contribution in [0.25, 0.3) is 0 Å². The number of carbonyl (C=O) groups excluding carboxylic acids is 1. The van der Waals surface area contributed by atoms with E-state index >= 15 is 0 Å². The minimum absolute atomic E-state index is 0.0576. The van der Waals surface area contributed by atoms with Crippen molar-refractivity contribution in [3.63, 3.8) is 0 Å². The van der Waals surface area contributed by atoms with Crippen LogP contribution in [0.1, 0.15) is 26.2 Å². The number of nitrogens with one attached hydrogen (secondary N) is 2. The standard InChI is InChI=1S/C21H26ClN3O5S2/c1-16-3-2-14-25(15-16)32(29,30)20-10-6-18(7-11-20)24-21(26)12-13-23-31(27,28)19-8-4-17(22)5-9-19/h4-11,16,23H,2-3,12-15H2,1H3,(H,24,26). The number of hydrogen-bond donors (Lipinski definition) is 2. The molecule has 0 radical (unpaired) electrons. The van der Waals surface area contributed by atoms with Crippen LogP contribution in [0.2, 0.25) is 5.02 Å². The summed E-state index contributed by atoms with van der Waals surface area (Å²) in [4.78, 5) is 12.4. The summed E-state index contributed by atoms with van der Waals surface area (Å²) in [5.41, 5.74) is 0.432. The van der Waals surface area contributed by atoms with Gasteiger partial charge in [0.2, 0.25) is 26.0 Å². The molecule has 11 heteroatoms. The van der Waals surface area contributed by atoms with Crippen molar-refractivity contribution in [3.05, 3.63) is 53.6 Å². The number of hydrogen-bond acceptors (Lipinski definition) is 5. The van der Waals surface area contributed by atoms with Crippen molar-refractivity contribution < 1.29 is 21.6 Å². The van der Waals surface area contributed by atoms with Gasteiger partial charge in [0.25, 0.3) is 0 Å². The molecule has 1 amide bonds. The maximum Gasteiger partial charge on any atom is 0.243 e. The number of piperidine rings is 1. The Hall–Kier alpha value is -1.98. The maximum absolute atomic E-state index is 12.8. The van der Waals surface area contributed by atoms with Gasteiger partial charge in [0, 0.05) is 36.8 Å². The fourth-order valence-electron chi connectivity index (χ4n) is 3.44. The second kappa shape index (κ2) is 10.3. The Morgan fingerprint density at radius 3 is 2.28 bits per heavy atom. The van der Waals surface area contributed by atoms with Gasteiger partial charge < -0.3 is 5.32 Å². The predicted molar refractivity (Wildman–Crippen MR) is 123 cm³/mol. The zero-order valence-electron chi connectivity index (χ0n) is 17.6. The molecule has 3 rings (SSSR count). The van der Waals surface area contributed by atoms with Crippen molar-refractivity contribution in [1.29, 1.82) is 0 Å². The predicted octanol–water partition coefficient (Wildman–Crippen LogP) is 3.07. The monoisotopic (exact) mass is 499 g/mol. The van der Waals surface area contributed by atoms with Crippen LogP contribution in [0, 0.1) is 5.92 Å². The third-order valence-corrected chi connectivity index (χ3v) is 8.77. The molecule has 2 aromatic rings. The van der Waals surface area contributed by atoms with Crippen LogP contribution in [-0.4, -0.2) is 46.7 Å². The fraction of sp³-hybridized carbons (Fsp3) is 0.381. The van der Waals surface area contributed by atoms with Gasteiger partial charge >= 0.3 is 0 Å². The average molecular weight is 500 g/mol. The maximum atomic E-state index is 12.8. The first-order valence-electron chi connectivity index (χ1n) is 10.2. The lowest BCUT2D eigenvalue weighted by Gasteiger charge is -2.30. The molecule has 0 aromatic heterocycles. The number of rotatable bonds is 8. The zero-order chi connectivity index (χ0) is 23.4. The minimum Gasteiger partial charge on any atom is -0.326 e. The molecule has 32 heavy (non-hydrogen) atoms. The van der Waals surface area contributed by atoms with Crippen molar-refractivity contribution >= 4 is 43.2 Å². The number of halogens is 1. The highest BCUT2D eigenvalue weighted by Crippen LogP contribution is 2.24. The molecule has 1 atom stereocenters. The van der Waals surface area contributed by atoms with E-state index < -0.39 is 26.0 Å². The van der Waals surface area contributed by atoms with Crippen LogP contribution in [0.3, 0.4) is 0 Å². The van der Waals surface area contributed by atoms with E-state index in [4.69, 9.17) is 11.6 Å². The van der Waals surface area contributed by atoms with Crippen LogP contribution in [-0.2, 0) is 24.8 Å². The molecule has 1 heterocycles. The molecular formula is C21H26ClN3O5S2. The summed E-state index contributed by atoms with van der Waals surface area (Å²) in [6, 6.07) is 11.7. The molecule has 1 saturated heterocycles. The summed E-state index contributed by atoms with van der Waals surface area (Å²) in [6.07, 6.45) is 1.78. The topological polar surface area (TPSA) is 113 Å². The van der Waals surface area contributed by atoms with Gasteiger partial charge in [-0.15, -0.1) is 0 Å². The Balaban J connectivity index is 1.53. The molecular weight excluding hydrogens is 474 g/mol. The summed E-state index contributed by atoms with van der Waals surface area (Å²) in [7, 11) is -7.31. The van der Waals surface area contributed by atoms with Gasteiger partial charge in [0.15, 0.2) is 0 Å². The normalized spacial score (nSPS) is 17.8. The first-order valence-corrected chi connectivity index (χ1v) is 13.5. The fourth-order valence-corrected chi connectivity index (χ4v) is 6.20. The lowest BCUT2D eigenvalue weighted by atomic mass is 10.0. The van der Waals surface area contributed by atoms with Crippen LogP contribution in [0.5, 0.6) is 0 Å². The van der Waals surface area contributed by atoms with E-state index in [1.165, 1.54) is 52.8 Å². The van der Waals surface area contributed by atoms with Gasteiger partial charge in [0.05, 0.1) is 9.79 Å². The van der Waals surface area contributed by atoms with E-state index in [0.717, 1.165) is 12.8 Å². The Labute approximate surface area is 194 Å². The lowest BCUT2D eigenvalue weighted by molar-refractivity contribution is -0.116. The first-order chi connectivity index (χ1) is 15.1. The van der Waals surface area contributed by atoms with Crippen molar-refractivity contribution in [2.45, 2.75) is 36.0 Å². The third-order valence-electron chi connectivity index (χ3n) is 5.16. The van der Waals surface area contributed by atoms with Gasteiger partial charge in [0.1, 0.15) is 0 Å².